The lowest BCUT2D eigenvalue weighted by Gasteiger charge is -2.21. The first kappa shape index (κ1) is 21.7. The highest BCUT2D eigenvalue weighted by atomic mass is 16.5. The monoisotopic (exact) mass is 453 g/mol. The van der Waals surface area contributed by atoms with Gasteiger partial charge in [0.2, 0.25) is 0 Å². The number of carbonyl (C=O) groups is 1. The standard InChI is InChI=1S/C23H27N5O5/c1-3-32-23(31)19-13(2)25-26-20(19)28-9-7-18-16(22(28)30)11-15-17(24-18)6-8-27(21(15)29)12-14-5-4-10-33-14/h6-9,11,13-14,19-20,25-26H,3-5,10,12H2,1-2H3. The molecule has 0 bridgehead atoms. The zero-order chi connectivity index (χ0) is 23.1. The van der Waals surface area contributed by atoms with Crippen molar-refractivity contribution in [2.45, 2.75) is 51.5 Å². The molecule has 33 heavy (non-hydrogen) atoms. The van der Waals surface area contributed by atoms with Gasteiger partial charge in [0.05, 0.1) is 41.1 Å². The maximum Gasteiger partial charge on any atom is 0.314 e. The summed E-state index contributed by atoms with van der Waals surface area (Å²) in [5.41, 5.74) is 6.54. The van der Waals surface area contributed by atoms with E-state index in [0.29, 0.717) is 35.0 Å². The number of aromatic nitrogens is 3. The quantitative estimate of drug-likeness (QED) is 0.435. The Hall–Kier alpha value is -3.08. The van der Waals surface area contributed by atoms with Crippen molar-refractivity contribution in [2.75, 3.05) is 13.2 Å². The molecule has 10 heteroatoms. The van der Waals surface area contributed by atoms with Crippen LogP contribution in [0.15, 0.2) is 40.2 Å². The summed E-state index contributed by atoms with van der Waals surface area (Å²) < 4.78 is 14.0. The van der Waals surface area contributed by atoms with E-state index in [9.17, 15) is 14.4 Å². The Morgan fingerprint density at radius 3 is 2.67 bits per heavy atom. The molecule has 2 aliphatic heterocycles. The Morgan fingerprint density at radius 1 is 1.18 bits per heavy atom. The van der Waals surface area contributed by atoms with E-state index >= 15 is 0 Å². The normalized spacial score (nSPS) is 25.2. The number of pyridine rings is 3. The van der Waals surface area contributed by atoms with Crippen LogP contribution >= 0.6 is 0 Å². The summed E-state index contributed by atoms with van der Waals surface area (Å²) in [6.45, 7) is 5.05. The second kappa shape index (κ2) is 8.69. The third-order valence-electron chi connectivity index (χ3n) is 6.46. The number of nitrogens with zero attached hydrogens (tertiary/aromatic N) is 3. The van der Waals surface area contributed by atoms with Crippen LogP contribution in [0.3, 0.4) is 0 Å². The largest absolute Gasteiger partial charge is 0.466 e. The van der Waals surface area contributed by atoms with Crippen LogP contribution in [0.2, 0.25) is 0 Å². The molecule has 0 radical (unpaired) electrons. The van der Waals surface area contributed by atoms with Gasteiger partial charge in [-0.25, -0.2) is 10.4 Å². The molecule has 0 amide bonds. The predicted molar refractivity (Wildman–Crippen MR) is 122 cm³/mol. The van der Waals surface area contributed by atoms with Gasteiger partial charge in [0.15, 0.2) is 0 Å². The van der Waals surface area contributed by atoms with E-state index in [0.717, 1.165) is 12.8 Å². The Bertz CT molecular complexity index is 1330. The lowest BCUT2D eigenvalue weighted by Crippen LogP contribution is -2.38. The second-order valence-electron chi connectivity index (χ2n) is 8.59. The maximum absolute atomic E-state index is 13.4. The molecule has 0 aromatic carbocycles. The molecule has 174 valence electrons. The smallest absolute Gasteiger partial charge is 0.314 e. The van der Waals surface area contributed by atoms with Crippen LogP contribution in [0, 0.1) is 5.92 Å². The molecule has 2 aliphatic rings. The van der Waals surface area contributed by atoms with Gasteiger partial charge >= 0.3 is 5.97 Å². The molecule has 2 N–H and O–H groups in total. The molecule has 3 aromatic rings. The third kappa shape index (κ3) is 3.84. The number of carbonyl (C=O) groups excluding carboxylic acids is 1. The van der Waals surface area contributed by atoms with Crippen molar-refractivity contribution in [3.63, 3.8) is 0 Å². The van der Waals surface area contributed by atoms with Crippen molar-refractivity contribution in [3.8, 4) is 0 Å². The molecule has 2 fully saturated rings. The summed E-state index contributed by atoms with van der Waals surface area (Å²) in [5, 5.41) is 0.701. The SMILES string of the molecule is CCOC(=O)C1C(C)NNC1n1ccc2nc3ccn(CC4CCCO4)c(=O)c3cc2c1=O. The number of nitrogens with one attached hydrogen (secondary N) is 2. The van der Waals surface area contributed by atoms with Crippen LogP contribution in [0.25, 0.3) is 21.8 Å². The summed E-state index contributed by atoms with van der Waals surface area (Å²) in [6, 6.07) is 4.89. The fourth-order valence-electron chi connectivity index (χ4n) is 4.73. The number of esters is 1. The van der Waals surface area contributed by atoms with E-state index in [1.165, 1.54) is 4.57 Å². The van der Waals surface area contributed by atoms with Crippen molar-refractivity contribution in [1.29, 1.82) is 0 Å². The van der Waals surface area contributed by atoms with Gasteiger partial charge in [-0.05, 0) is 44.9 Å². The lowest BCUT2D eigenvalue weighted by atomic mass is 10.00. The first-order valence-corrected chi connectivity index (χ1v) is 11.3. The highest BCUT2D eigenvalue weighted by Gasteiger charge is 2.41. The van der Waals surface area contributed by atoms with Gasteiger partial charge in [-0.1, -0.05) is 0 Å². The fourth-order valence-corrected chi connectivity index (χ4v) is 4.73. The lowest BCUT2D eigenvalue weighted by molar-refractivity contribution is -0.149. The molecule has 0 spiro atoms. The zero-order valence-electron chi connectivity index (χ0n) is 18.6. The van der Waals surface area contributed by atoms with E-state index in [4.69, 9.17) is 9.47 Å². The van der Waals surface area contributed by atoms with Crippen molar-refractivity contribution in [3.05, 3.63) is 51.3 Å². The van der Waals surface area contributed by atoms with E-state index in [2.05, 4.69) is 15.8 Å². The Kier molecular flexibility index (Phi) is 5.73. The summed E-state index contributed by atoms with van der Waals surface area (Å²) in [6.07, 6.45) is 4.66. The minimum Gasteiger partial charge on any atom is -0.466 e. The van der Waals surface area contributed by atoms with E-state index in [1.807, 2.05) is 6.92 Å². The van der Waals surface area contributed by atoms with Crippen molar-refractivity contribution in [1.82, 2.24) is 25.0 Å². The molecule has 4 atom stereocenters. The van der Waals surface area contributed by atoms with Crippen LogP contribution in [0.1, 0.15) is 32.9 Å². The average Bonchev–Trinajstić information content (AvgIpc) is 3.45. The molecule has 0 aliphatic carbocycles. The predicted octanol–water partition coefficient (Wildman–Crippen LogP) is 1.06. The highest BCUT2D eigenvalue weighted by Crippen LogP contribution is 2.25. The van der Waals surface area contributed by atoms with Crippen molar-refractivity contribution < 1.29 is 14.3 Å². The molecule has 5 rings (SSSR count). The van der Waals surface area contributed by atoms with Gasteiger partial charge in [0, 0.05) is 25.0 Å². The number of hydrogen-bond donors (Lipinski definition) is 2. The first-order valence-electron chi connectivity index (χ1n) is 11.3. The summed E-state index contributed by atoms with van der Waals surface area (Å²) in [5.74, 6) is -0.967. The summed E-state index contributed by atoms with van der Waals surface area (Å²) >= 11 is 0. The number of fused-ring (bicyclic) bond motifs is 2. The van der Waals surface area contributed by atoms with E-state index < -0.39 is 12.1 Å². The van der Waals surface area contributed by atoms with Gasteiger partial charge in [-0.3, -0.25) is 24.4 Å². The van der Waals surface area contributed by atoms with Gasteiger partial charge < -0.3 is 14.0 Å². The molecule has 10 nitrogen and oxygen atoms in total. The molecule has 2 saturated heterocycles. The topological polar surface area (TPSA) is 116 Å². The molecule has 3 aromatic heterocycles. The number of ether oxygens (including phenoxy) is 2. The van der Waals surface area contributed by atoms with Gasteiger partial charge in [0.25, 0.3) is 11.1 Å². The Labute approximate surface area is 189 Å². The van der Waals surface area contributed by atoms with Gasteiger partial charge in [0.1, 0.15) is 12.1 Å². The number of hydrogen-bond acceptors (Lipinski definition) is 8. The molecular formula is C23H27N5O5. The summed E-state index contributed by atoms with van der Waals surface area (Å²) in [4.78, 5) is 43.7. The number of rotatable bonds is 5. The van der Waals surface area contributed by atoms with Crippen molar-refractivity contribution >= 4 is 27.8 Å². The van der Waals surface area contributed by atoms with E-state index in [1.54, 1.807) is 42.1 Å². The van der Waals surface area contributed by atoms with Gasteiger partial charge in [-0.2, -0.15) is 0 Å². The first-order chi connectivity index (χ1) is 16.0. The molecule has 5 heterocycles. The third-order valence-corrected chi connectivity index (χ3v) is 6.46. The van der Waals surface area contributed by atoms with Crippen LogP contribution in [-0.2, 0) is 20.8 Å². The van der Waals surface area contributed by atoms with Crippen molar-refractivity contribution in [2.24, 2.45) is 5.92 Å². The number of hydrazine groups is 1. The van der Waals surface area contributed by atoms with Crippen LogP contribution in [0.4, 0.5) is 0 Å². The van der Waals surface area contributed by atoms with Crippen LogP contribution in [-0.4, -0.2) is 45.4 Å². The molecule has 0 saturated carbocycles. The zero-order valence-corrected chi connectivity index (χ0v) is 18.6. The Morgan fingerprint density at radius 2 is 1.94 bits per heavy atom. The highest BCUT2D eigenvalue weighted by molar-refractivity contribution is 5.91. The van der Waals surface area contributed by atoms with Crippen LogP contribution < -0.4 is 22.0 Å². The summed E-state index contributed by atoms with van der Waals surface area (Å²) in [7, 11) is 0. The van der Waals surface area contributed by atoms with Crippen LogP contribution in [0.5, 0.6) is 0 Å². The molecular weight excluding hydrogens is 426 g/mol. The molecule has 4 unspecified atom stereocenters. The fraction of sp³-hybridized carbons (Fsp3) is 0.478. The average molecular weight is 453 g/mol. The maximum atomic E-state index is 13.4. The van der Waals surface area contributed by atoms with Gasteiger partial charge in [-0.15, -0.1) is 0 Å². The minimum atomic E-state index is -0.626. The second-order valence-corrected chi connectivity index (χ2v) is 8.59. The Balaban J connectivity index is 1.58. The minimum absolute atomic E-state index is 0.0218. The van der Waals surface area contributed by atoms with E-state index in [-0.39, 0.29) is 35.8 Å².